The second-order valence-corrected chi connectivity index (χ2v) is 16.9. The topological polar surface area (TPSA) is 349 Å². The average Bonchev–Trinajstić information content (AvgIpc) is 3.93. The van der Waals surface area contributed by atoms with Gasteiger partial charge in [-0.05, 0) is 77.2 Å². The molecular weight excluding hydrogens is 801 g/mol. The quantitative estimate of drug-likeness (QED) is 0.0182. The van der Waals surface area contributed by atoms with Gasteiger partial charge in [0.1, 0.15) is 30.2 Å². The normalized spacial score (nSPS) is 21.3. The first-order valence-electron chi connectivity index (χ1n) is 21.1. The van der Waals surface area contributed by atoms with Gasteiger partial charge in [-0.15, -0.1) is 0 Å². The summed E-state index contributed by atoms with van der Waals surface area (Å²) < 4.78 is 0. The number of hydrogen-bond donors (Lipinski definition) is 11. The van der Waals surface area contributed by atoms with Crippen LogP contribution < -0.4 is 54.8 Å². The maximum absolute atomic E-state index is 14.1. The number of aliphatic imine (C=N–C) groups is 1. The Morgan fingerprint density at radius 1 is 0.833 bits per heavy atom. The molecular formula is C38H66N12O9S. The van der Waals surface area contributed by atoms with Gasteiger partial charge in [0.25, 0.3) is 0 Å². The second-order valence-electron chi connectivity index (χ2n) is 15.6. The Balaban J connectivity index is 1.70. The van der Waals surface area contributed by atoms with Crippen LogP contribution in [0.1, 0.15) is 110 Å². The summed E-state index contributed by atoms with van der Waals surface area (Å²) in [6, 6.07) is -5.71. The van der Waals surface area contributed by atoms with Gasteiger partial charge in [-0.25, -0.2) is 9.59 Å². The number of unbranched alkanes of at least 4 members (excludes halogenated alkanes) is 3. The Morgan fingerprint density at radius 2 is 1.52 bits per heavy atom. The van der Waals surface area contributed by atoms with Crippen LogP contribution in [0.4, 0.5) is 4.79 Å². The van der Waals surface area contributed by atoms with E-state index in [0.717, 1.165) is 25.0 Å². The summed E-state index contributed by atoms with van der Waals surface area (Å²) in [6.07, 6.45) is 5.63. The van der Waals surface area contributed by atoms with Crippen molar-refractivity contribution in [2.24, 2.45) is 27.9 Å². The number of rotatable bonds is 28. The monoisotopic (exact) mass is 866 g/mol. The molecule has 3 saturated heterocycles. The zero-order chi connectivity index (χ0) is 44.2. The molecule has 3 aliphatic heterocycles. The van der Waals surface area contributed by atoms with E-state index >= 15 is 0 Å². The number of nitrogens with two attached hydrogens (primary N) is 4. The van der Waals surface area contributed by atoms with Gasteiger partial charge in [-0.3, -0.25) is 33.8 Å². The number of fused-ring (bicyclic) bond motifs is 1. The lowest BCUT2D eigenvalue weighted by atomic mass is 10.0. The number of nitrogens with one attached hydrogen (secondary N) is 6. The molecule has 0 aromatic heterocycles. The first-order chi connectivity index (χ1) is 28.6. The van der Waals surface area contributed by atoms with Gasteiger partial charge in [0.15, 0.2) is 5.96 Å². The van der Waals surface area contributed by atoms with Crippen LogP contribution in [-0.4, -0.2) is 136 Å². The zero-order valence-corrected chi connectivity index (χ0v) is 35.4. The molecule has 3 aliphatic rings. The third kappa shape index (κ3) is 16.3. The Hall–Kier alpha value is -4.86. The second kappa shape index (κ2) is 25.7. The average molecular weight is 867 g/mol. The minimum absolute atomic E-state index is 0.0337. The van der Waals surface area contributed by atoms with E-state index in [0.29, 0.717) is 45.1 Å². The van der Waals surface area contributed by atoms with Crippen molar-refractivity contribution in [3.05, 3.63) is 0 Å². The number of nitrogens with zero attached hydrogens (tertiary/aromatic N) is 2. The maximum atomic E-state index is 14.1. The van der Waals surface area contributed by atoms with E-state index in [9.17, 15) is 43.5 Å². The van der Waals surface area contributed by atoms with Crippen LogP contribution in [0.2, 0.25) is 0 Å². The van der Waals surface area contributed by atoms with Gasteiger partial charge in [0, 0.05) is 36.9 Å². The molecule has 0 bridgehead atoms. The molecule has 60 heavy (non-hydrogen) atoms. The molecule has 0 unspecified atom stereocenters. The van der Waals surface area contributed by atoms with Crippen LogP contribution in [0.5, 0.6) is 0 Å². The van der Waals surface area contributed by atoms with Crippen LogP contribution in [0, 0.1) is 0 Å². The molecule has 0 aromatic rings. The van der Waals surface area contributed by atoms with Crippen LogP contribution in [-0.2, 0) is 33.6 Å². The SMILES string of the molecule is CCCC[C@H](NC(=O)CCCC[C@@H]1SC[C@@H]2NC(=O)N[C@@H]21)C(=O)N[C@@H](CCCN=C(N)N)C(=O)N[C@@H](CCC(N)=O)C(=O)N1CCC[C@H]1C(=O)N[C@@H](CCCCN)C(=O)O. The summed E-state index contributed by atoms with van der Waals surface area (Å²) in [4.78, 5) is 109. The first-order valence-corrected chi connectivity index (χ1v) is 22.2. The van der Waals surface area contributed by atoms with E-state index in [2.05, 4.69) is 36.9 Å². The van der Waals surface area contributed by atoms with Crippen molar-refractivity contribution in [1.82, 2.24) is 36.8 Å². The number of amides is 8. The lowest BCUT2D eigenvalue weighted by molar-refractivity contribution is -0.145. The highest BCUT2D eigenvalue weighted by molar-refractivity contribution is 8.00. The highest BCUT2D eigenvalue weighted by atomic mass is 32.2. The molecule has 0 spiro atoms. The number of thioether (sulfide) groups is 1. The van der Waals surface area contributed by atoms with E-state index in [1.54, 1.807) is 11.8 Å². The summed E-state index contributed by atoms with van der Waals surface area (Å²) >= 11 is 1.80. The molecule has 0 aromatic carbocycles. The molecule has 21 nitrogen and oxygen atoms in total. The number of guanidine groups is 1. The molecule has 3 fully saturated rings. The number of carboxylic acids is 1. The van der Waals surface area contributed by atoms with Crippen molar-refractivity contribution in [1.29, 1.82) is 0 Å². The highest BCUT2D eigenvalue weighted by Crippen LogP contribution is 2.33. The molecule has 8 atom stereocenters. The zero-order valence-electron chi connectivity index (χ0n) is 34.6. The van der Waals surface area contributed by atoms with Crippen molar-refractivity contribution in [3.8, 4) is 0 Å². The van der Waals surface area contributed by atoms with Gasteiger partial charge in [0.2, 0.25) is 35.4 Å². The number of carbonyl (C=O) groups excluding carboxylic acids is 7. The number of carboxylic acid groups (broad SMARTS) is 1. The van der Waals surface area contributed by atoms with Crippen molar-refractivity contribution in [2.45, 2.75) is 157 Å². The summed E-state index contributed by atoms with van der Waals surface area (Å²) in [6.45, 7) is 2.57. The first kappa shape index (κ1) is 49.5. The molecule has 338 valence electrons. The summed E-state index contributed by atoms with van der Waals surface area (Å²) in [7, 11) is 0. The number of carbonyl (C=O) groups is 8. The number of hydrogen-bond acceptors (Lipinski definition) is 11. The highest BCUT2D eigenvalue weighted by Gasteiger charge is 2.43. The molecule has 0 radical (unpaired) electrons. The lowest BCUT2D eigenvalue weighted by Crippen LogP contribution is -2.58. The fourth-order valence-corrected chi connectivity index (χ4v) is 9.14. The predicted octanol–water partition coefficient (Wildman–Crippen LogP) is -1.63. The van der Waals surface area contributed by atoms with Crippen molar-refractivity contribution >= 4 is 65.2 Å². The summed E-state index contributed by atoms with van der Waals surface area (Å²) in [5.41, 5.74) is 21.9. The van der Waals surface area contributed by atoms with Crippen molar-refractivity contribution < 1.29 is 43.5 Å². The van der Waals surface area contributed by atoms with Gasteiger partial charge >= 0.3 is 12.0 Å². The van der Waals surface area contributed by atoms with Crippen LogP contribution in [0.3, 0.4) is 0 Å². The molecule has 0 saturated carbocycles. The molecule has 3 heterocycles. The smallest absolute Gasteiger partial charge is 0.326 e. The van der Waals surface area contributed by atoms with Crippen molar-refractivity contribution in [2.75, 3.05) is 25.4 Å². The molecule has 0 aliphatic carbocycles. The van der Waals surface area contributed by atoms with E-state index in [-0.39, 0.29) is 93.3 Å². The molecule has 22 heteroatoms. The summed E-state index contributed by atoms with van der Waals surface area (Å²) in [5, 5.41) is 26.6. The Bertz CT molecular complexity index is 1530. The van der Waals surface area contributed by atoms with E-state index in [1.807, 2.05) is 6.92 Å². The fourth-order valence-electron chi connectivity index (χ4n) is 7.60. The Kier molecular flexibility index (Phi) is 21.2. The molecule has 8 amide bonds. The standard InChI is InChI=1S/C38H66N12O9S/c1-2-3-10-22(44-30(52)15-5-4-14-28-31-26(21-60-28)48-38(59)49-31)32(53)45-23(12-8-19-43-37(41)42)33(54)46-24(16-17-29(40)51)35(56)50-20-9-13-27(50)34(55)47-25(36(57)58)11-6-7-18-39/h22-28,31H,2-21,39H2,1H3,(H2,40,51)(H,44,52)(H,45,53)(H,46,54)(H,47,55)(H,57,58)(H4,41,42,43)(H2,48,49,59)/t22-,23-,24-,25-,26-,27-,28-,31-/m0/s1. The van der Waals surface area contributed by atoms with E-state index < -0.39 is 65.7 Å². The number of aliphatic carboxylic acids is 1. The third-order valence-electron chi connectivity index (χ3n) is 10.9. The van der Waals surface area contributed by atoms with Gasteiger partial charge < -0.3 is 64.8 Å². The number of likely N-dealkylation sites (tertiary alicyclic amines) is 1. The molecule has 15 N–H and O–H groups in total. The lowest BCUT2D eigenvalue weighted by Gasteiger charge is -2.30. The van der Waals surface area contributed by atoms with Gasteiger partial charge in [-0.2, -0.15) is 11.8 Å². The van der Waals surface area contributed by atoms with E-state index in [4.69, 9.17) is 22.9 Å². The summed E-state index contributed by atoms with van der Waals surface area (Å²) in [5.74, 6) is -4.30. The van der Waals surface area contributed by atoms with Gasteiger partial charge in [0.05, 0.1) is 12.1 Å². The van der Waals surface area contributed by atoms with Crippen molar-refractivity contribution in [3.63, 3.8) is 0 Å². The van der Waals surface area contributed by atoms with Gasteiger partial charge in [-0.1, -0.05) is 26.2 Å². The maximum Gasteiger partial charge on any atom is 0.326 e. The minimum atomic E-state index is -1.33. The van der Waals surface area contributed by atoms with Crippen LogP contribution in [0.15, 0.2) is 4.99 Å². The minimum Gasteiger partial charge on any atom is -0.480 e. The van der Waals surface area contributed by atoms with Crippen LogP contribution in [0.25, 0.3) is 0 Å². The van der Waals surface area contributed by atoms with Crippen LogP contribution >= 0.6 is 11.8 Å². The Morgan fingerprint density at radius 3 is 2.18 bits per heavy atom. The molecule has 3 rings (SSSR count). The number of primary amides is 1. The third-order valence-corrected chi connectivity index (χ3v) is 12.4. The van der Waals surface area contributed by atoms with E-state index in [1.165, 1.54) is 4.90 Å². The number of urea groups is 1. The fraction of sp³-hybridized carbons (Fsp3) is 0.763. The predicted molar refractivity (Wildman–Crippen MR) is 225 cm³/mol. The Labute approximate surface area is 355 Å². The largest absolute Gasteiger partial charge is 0.480 e.